The molecule has 2 aromatic rings. The van der Waals surface area contributed by atoms with Crippen molar-refractivity contribution in [1.82, 2.24) is 14.8 Å². The van der Waals surface area contributed by atoms with Gasteiger partial charge in [0.25, 0.3) is 0 Å². The Bertz CT molecular complexity index is 934. The highest BCUT2D eigenvalue weighted by Gasteiger charge is 2.27. The van der Waals surface area contributed by atoms with E-state index in [1.165, 1.54) is 30.2 Å². The number of anilines is 2. The summed E-state index contributed by atoms with van der Waals surface area (Å²) in [5, 5.41) is 9.92. The summed E-state index contributed by atoms with van der Waals surface area (Å²) >= 11 is 1.51. The van der Waals surface area contributed by atoms with E-state index in [0.29, 0.717) is 5.75 Å². The smallest absolute Gasteiger partial charge is 0.237 e. The van der Waals surface area contributed by atoms with Gasteiger partial charge in [-0.05, 0) is 56.1 Å². The fraction of sp³-hybridized carbons (Fsp3) is 0.625. The van der Waals surface area contributed by atoms with E-state index >= 15 is 0 Å². The van der Waals surface area contributed by atoms with Crippen molar-refractivity contribution in [2.45, 2.75) is 63.3 Å². The molecule has 4 heterocycles. The Morgan fingerprint density at radius 2 is 1.97 bits per heavy atom. The van der Waals surface area contributed by atoms with Crippen molar-refractivity contribution in [2.24, 2.45) is 5.92 Å². The van der Waals surface area contributed by atoms with Crippen molar-refractivity contribution >= 4 is 29.3 Å². The molecular weight excluding hydrogens is 422 g/mol. The van der Waals surface area contributed by atoms with Gasteiger partial charge < -0.3 is 14.5 Å². The first kappa shape index (κ1) is 21.8. The zero-order chi connectivity index (χ0) is 21.9. The summed E-state index contributed by atoms with van der Waals surface area (Å²) in [7, 11) is 0. The number of amides is 1. The molecule has 2 saturated heterocycles. The number of hydrogen-bond donors (Lipinski definition) is 0. The maximum atomic E-state index is 13.1. The Morgan fingerprint density at radius 3 is 2.78 bits per heavy atom. The van der Waals surface area contributed by atoms with Crippen molar-refractivity contribution in [1.29, 1.82) is 0 Å². The lowest BCUT2D eigenvalue weighted by atomic mass is 10.00. The standard InChI is InChI=1S/C24H33N5O2S/c1-18-10-13-27(14-11-18)23-25-26-24(29(23)16-20-8-5-15-31-20)32-17-22(30)28-12-4-7-19-6-2-3-9-21(19)28/h2-3,6,9,18,20H,4-5,7-8,10-17H2,1H3. The number of rotatable bonds is 6. The molecule has 1 unspecified atom stereocenters. The van der Waals surface area contributed by atoms with Gasteiger partial charge in [-0.3, -0.25) is 9.36 Å². The maximum Gasteiger partial charge on any atom is 0.237 e. The van der Waals surface area contributed by atoms with Crippen molar-refractivity contribution in [3.63, 3.8) is 0 Å². The van der Waals surface area contributed by atoms with E-state index in [9.17, 15) is 4.79 Å². The van der Waals surface area contributed by atoms with Crippen LogP contribution in [0.1, 0.15) is 44.6 Å². The van der Waals surface area contributed by atoms with Crippen molar-refractivity contribution in [2.75, 3.05) is 41.8 Å². The highest BCUT2D eigenvalue weighted by Crippen LogP contribution is 2.30. The SMILES string of the molecule is CC1CCN(c2nnc(SCC(=O)N3CCCc4ccccc43)n2CC2CCCO2)CC1. The third kappa shape index (κ3) is 4.66. The molecule has 0 saturated carbocycles. The number of para-hydroxylation sites is 1. The van der Waals surface area contributed by atoms with E-state index in [2.05, 4.69) is 44.8 Å². The molecule has 0 aliphatic carbocycles. The second-order valence-electron chi connectivity index (χ2n) is 9.26. The fourth-order valence-corrected chi connectivity index (χ4v) is 5.80. The number of nitrogens with zero attached hydrogens (tertiary/aromatic N) is 5. The van der Waals surface area contributed by atoms with Gasteiger partial charge in [0, 0.05) is 31.9 Å². The molecule has 2 fully saturated rings. The van der Waals surface area contributed by atoms with Crippen LogP contribution >= 0.6 is 11.8 Å². The second kappa shape index (κ2) is 9.83. The van der Waals surface area contributed by atoms with Gasteiger partial charge in [-0.1, -0.05) is 36.9 Å². The number of aromatic nitrogens is 3. The van der Waals surface area contributed by atoms with Gasteiger partial charge in [0.15, 0.2) is 5.16 Å². The second-order valence-corrected chi connectivity index (χ2v) is 10.2. The van der Waals surface area contributed by atoms with Crippen molar-refractivity contribution < 1.29 is 9.53 Å². The Hall–Kier alpha value is -2.06. The lowest BCUT2D eigenvalue weighted by molar-refractivity contribution is -0.116. The molecular formula is C24H33N5O2S. The highest BCUT2D eigenvalue weighted by atomic mass is 32.2. The number of carbonyl (C=O) groups excluding carboxylic acids is 1. The van der Waals surface area contributed by atoms with Crippen LogP contribution in [0.3, 0.4) is 0 Å². The minimum Gasteiger partial charge on any atom is -0.376 e. The van der Waals surface area contributed by atoms with E-state index in [0.717, 1.165) is 81.2 Å². The monoisotopic (exact) mass is 455 g/mol. The molecule has 0 bridgehead atoms. The number of carbonyl (C=O) groups is 1. The molecule has 3 aliphatic heterocycles. The van der Waals surface area contributed by atoms with Gasteiger partial charge >= 0.3 is 0 Å². The van der Waals surface area contributed by atoms with E-state index < -0.39 is 0 Å². The zero-order valence-corrected chi connectivity index (χ0v) is 19.7. The third-order valence-corrected chi connectivity index (χ3v) is 7.86. The van der Waals surface area contributed by atoms with Crippen LogP contribution in [0.5, 0.6) is 0 Å². The summed E-state index contributed by atoms with van der Waals surface area (Å²) in [6.45, 7) is 6.73. The Balaban J connectivity index is 1.31. The van der Waals surface area contributed by atoms with Gasteiger partial charge in [-0.2, -0.15) is 0 Å². The number of hydrogen-bond acceptors (Lipinski definition) is 6. The summed E-state index contributed by atoms with van der Waals surface area (Å²) in [6.07, 6.45) is 6.81. The first-order valence-corrected chi connectivity index (χ1v) is 13.0. The van der Waals surface area contributed by atoms with Crippen LogP contribution in [0, 0.1) is 5.92 Å². The third-order valence-electron chi connectivity index (χ3n) is 6.91. The molecule has 3 aliphatic rings. The van der Waals surface area contributed by atoms with Gasteiger partial charge in [0.05, 0.1) is 18.4 Å². The highest BCUT2D eigenvalue weighted by molar-refractivity contribution is 7.99. The van der Waals surface area contributed by atoms with Crippen molar-refractivity contribution in [3.8, 4) is 0 Å². The van der Waals surface area contributed by atoms with Gasteiger partial charge in [0.1, 0.15) is 0 Å². The van der Waals surface area contributed by atoms with Crippen LogP contribution in [0.2, 0.25) is 0 Å². The molecule has 172 valence electrons. The van der Waals surface area contributed by atoms with Crippen LogP contribution in [0.25, 0.3) is 0 Å². The van der Waals surface area contributed by atoms with E-state index in [-0.39, 0.29) is 12.0 Å². The molecule has 8 heteroatoms. The van der Waals surface area contributed by atoms with Crippen LogP contribution in [0.15, 0.2) is 29.4 Å². The Kier molecular flexibility index (Phi) is 6.69. The average Bonchev–Trinajstić information content (AvgIpc) is 3.48. The maximum absolute atomic E-state index is 13.1. The summed E-state index contributed by atoms with van der Waals surface area (Å²) < 4.78 is 8.12. The molecule has 1 aromatic heterocycles. The van der Waals surface area contributed by atoms with Gasteiger partial charge in [-0.15, -0.1) is 10.2 Å². The first-order valence-electron chi connectivity index (χ1n) is 12.0. The fourth-order valence-electron chi connectivity index (χ4n) is 4.98. The topological polar surface area (TPSA) is 63.5 Å². The minimum atomic E-state index is 0.141. The van der Waals surface area contributed by atoms with E-state index in [1.54, 1.807) is 0 Å². The first-order chi connectivity index (χ1) is 15.7. The molecule has 0 radical (unpaired) electrons. The molecule has 5 rings (SSSR count). The van der Waals surface area contributed by atoms with Crippen LogP contribution < -0.4 is 9.80 Å². The van der Waals surface area contributed by atoms with Gasteiger partial charge in [0.2, 0.25) is 11.9 Å². The molecule has 1 aromatic carbocycles. The summed E-state index contributed by atoms with van der Waals surface area (Å²) in [6, 6.07) is 8.26. The van der Waals surface area contributed by atoms with Gasteiger partial charge in [-0.25, -0.2) is 0 Å². The van der Waals surface area contributed by atoms with Crippen LogP contribution in [-0.4, -0.2) is 58.8 Å². The number of ether oxygens (including phenoxy) is 1. The summed E-state index contributed by atoms with van der Waals surface area (Å²) in [4.78, 5) is 17.4. The summed E-state index contributed by atoms with van der Waals surface area (Å²) in [5.74, 6) is 2.21. The Labute approximate surface area is 194 Å². The number of thioether (sulfide) groups is 1. The number of aryl methyl sites for hydroxylation is 1. The molecule has 1 atom stereocenters. The molecule has 0 N–H and O–H groups in total. The van der Waals surface area contributed by atoms with Crippen LogP contribution in [0.4, 0.5) is 11.6 Å². The lowest BCUT2D eigenvalue weighted by Crippen LogP contribution is -2.37. The normalized spacial score (nSPS) is 21.7. The van der Waals surface area contributed by atoms with Crippen molar-refractivity contribution in [3.05, 3.63) is 29.8 Å². The lowest BCUT2D eigenvalue weighted by Gasteiger charge is -2.31. The Morgan fingerprint density at radius 1 is 1.12 bits per heavy atom. The number of piperidine rings is 1. The number of benzene rings is 1. The largest absolute Gasteiger partial charge is 0.376 e. The number of fused-ring (bicyclic) bond motifs is 1. The summed E-state index contributed by atoms with van der Waals surface area (Å²) in [5.41, 5.74) is 2.33. The quantitative estimate of drug-likeness (QED) is 0.618. The molecule has 7 nitrogen and oxygen atoms in total. The minimum absolute atomic E-state index is 0.141. The molecule has 1 amide bonds. The predicted octanol–water partition coefficient (Wildman–Crippen LogP) is 3.76. The zero-order valence-electron chi connectivity index (χ0n) is 18.9. The predicted molar refractivity (Wildman–Crippen MR) is 127 cm³/mol. The molecule has 0 spiro atoms. The van der Waals surface area contributed by atoms with E-state index in [1.807, 2.05) is 11.0 Å². The average molecular weight is 456 g/mol. The van der Waals surface area contributed by atoms with E-state index in [4.69, 9.17) is 4.74 Å². The molecule has 32 heavy (non-hydrogen) atoms. The van der Waals surface area contributed by atoms with Crippen LogP contribution in [-0.2, 0) is 22.5 Å².